The van der Waals surface area contributed by atoms with Crippen LogP contribution in [0.1, 0.15) is 52.9 Å². The zero-order valence-electron chi connectivity index (χ0n) is 11.0. The number of hydrogen-bond donors (Lipinski definition) is 1. The van der Waals surface area contributed by atoms with Gasteiger partial charge in [0.15, 0.2) is 9.84 Å². The van der Waals surface area contributed by atoms with Gasteiger partial charge in [-0.25, -0.2) is 8.42 Å². The van der Waals surface area contributed by atoms with Crippen LogP contribution in [-0.2, 0) is 9.84 Å². The summed E-state index contributed by atoms with van der Waals surface area (Å²) in [6, 6.07) is 0. The van der Waals surface area contributed by atoms with Crippen LogP contribution in [0.3, 0.4) is 0 Å². The van der Waals surface area contributed by atoms with Gasteiger partial charge >= 0.3 is 0 Å². The molecule has 1 unspecified atom stereocenters. The molecule has 0 aliphatic heterocycles. The van der Waals surface area contributed by atoms with E-state index in [0.29, 0.717) is 12.3 Å². The lowest BCUT2D eigenvalue weighted by Gasteiger charge is -2.13. The molecular formula is C12H27NO2S. The van der Waals surface area contributed by atoms with Crippen LogP contribution in [0, 0.1) is 0 Å². The highest BCUT2D eigenvalue weighted by molar-refractivity contribution is 7.92. The first-order valence-electron chi connectivity index (χ1n) is 6.46. The molecule has 98 valence electrons. The van der Waals surface area contributed by atoms with Crippen molar-refractivity contribution in [1.29, 1.82) is 0 Å². The average molecular weight is 249 g/mol. The van der Waals surface area contributed by atoms with E-state index in [-0.39, 0.29) is 5.25 Å². The van der Waals surface area contributed by atoms with Crippen molar-refractivity contribution in [1.82, 2.24) is 5.32 Å². The first-order valence-corrected chi connectivity index (χ1v) is 8.18. The summed E-state index contributed by atoms with van der Waals surface area (Å²) in [6.07, 6.45) is 5.27. The lowest BCUT2D eigenvalue weighted by Crippen LogP contribution is -2.33. The van der Waals surface area contributed by atoms with E-state index in [4.69, 9.17) is 0 Å². The quantitative estimate of drug-likeness (QED) is 0.605. The molecule has 1 N–H and O–H groups in total. The van der Waals surface area contributed by atoms with Gasteiger partial charge in [-0.3, -0.25) is 0 Å². The molecule has 0 aromatic heterocycles. The lowest BCUT2D eigenvalue weighted by atomic mass is 10.2. The molecule has 0 aromatic carbocycles. The maximum absolute atomic E-state index is 11.8. The van der Waals surface area contributed by atoms with Crippen LogP contribution in [0.25, 0.3) is 0 Å². The van der Waals surface area contributed by atoms with Crippen molar-refractivity contribution in [2.24, 2.45) is 0 Å². The van der Waals surface area contributed by atoms with Gasteiger partial charge < -0.3 is 5.32 Å². The van der Waals surface area contributed by atoms with Crippen molar-refractivity contribution < 1.29 is 8.42 Å². The summed E-state index contributed by atoms with van der Waals surface area (Å²) >= 11 is 0. The zero-order valence-corrected chi connectivity index (χ0v) is 11.8. The minimum atomic E-state index is -2.88. The van der Waals surface area contributed by atoms with Crippen molar-refractivity contribution in [3.63, 3.8) is 0 Å². The summed E-state index contributed by atoms with van der Waals surface area (Å²) in [7, 11) is -2.88. The van der Waals surface area contributed by atoms with Gasteiger partial charge in [0.2, 0.25) is 0 Å². The van der Waals surface area contributed by atoms with E-state index in [9.17, 15) is 8.42 Å². The van der Waals surface area contributed by atoms with Crippen molar-refractivity contribution in [3.05, 3.63) is 0 Å². The standard InChI is InChI=1S/C12H27NO2S/c1-4-6-8-9-13-11-12(3)16(14,15)10-7-5-2/h12-13H,4-11H2,1-3H3. The summed E-state index contributed by atoms with van der Waals surface area (Å²) in [5.74, 6) is 0.335. The number of sulfone groups is 1. The van der Waals surface area contributed by atoms with Gasteiger partial charge in [-0.05, 0) is 26.3 Å². The third-order valence-corrected chi connectivity index (χ3v) is 5.03. The molecule has 1 atom stereocenters. The fourth-order valence-electron chi connectivity index (χ4n) is 1.48. The summed E-state index contributed by atoms with van der Waals surface area (Å²) in [5.41, 5.74) is 0. The molecule has 0 aromatic rings. The SMILES string of the molecule is CCCCCNCC(C)S(=O)(=O)CCCC. The highest BCUT2D eigenvalue weighted by atomic mass is 32.2. The van der Waals surface area contributed by atoms with Crippen LogP contribution in [-0.4, -0.2) is 32.5 Å². The fourth-order valence-corrected chi connectivity index (χ4v) is 2.94. The maximum atomic E-state index is 11.8. The lowest BCUT2D eigenvalue weighted by molar-refractivity contribution is 0.561. The Morgan fingerprint density at radius 2 is 1.69 bits per heavy atom. The van der Waals surface area contributed by atoms with Crippen molar-refractivity contribution in [3.8, 4) is 0 Å². The number of hydrogen-bond acceptors (Lipinski definition) is 3. The normalized spacial score (nSPS) is 13.9. The summed E-state index contributed by atoms with van der Waals surface area (Å²) in [6.45, 7) is 7.51. The minimum Gasteiger partial charge on any atom is -0.315 e. The molecule has 0 amide bonds. The Bertz CT molecular complexity index is 250. The highest BCUT2D eigenvalue weighted by Crippen LogP contribution is 2.04. The molecule has 0 saturated carbocycles. The topological polar surface area (TPSA) is 46.2 Å². The average Bonchev–Trinajstić information content (AvgIpc) is 2.26. The Balaban J connectivity index is 3.73. The predicted octanol–water partition coefficient (Wildman–Crippen LogP) is 2.37. The van der Waals surface area contributed by atoms with Crippen molar-refractivity contribution in [2.45, 2.75) is 58.1 Å². The zero-order chi connectivity index (χ0) is 12.4. The molecule has 3 nitrogen and oxygen atoms in total. The van der Waals surface area contributed by atoms with Crippen LogP contribution in [0.15, 0.2) is 0 Å². The monoisotopic (exact) mass is 249 g/mol. The van der Waals surface area contributed by atoms with E-state index >= 15 is 0 Å². The molecule has 16 heavy (non-hydrogen) atoms. The summed E-state index contributed by atoms with van der Waals surface area (Å²) in [5, 5.41) is 2.97. The predicted molar refractivity (Wildman–Crippen MR) is 70.6 cm³/mol. The second kappa shape index (κ2) is 8.99. The van der Waals surface area contributed by atoms with E-state index in [1.54, 1.807) is 6.92 Å². The molecule has 0 radical (unpaired) electrons. The Hall–Kier alpha value is -0.0900. The van der Waals surface area contributed by atoms with Gasteiger partial charge in [-0.1, -0.05) is 33.1 Å². The van der Waals surface area contributed by atoms with Crippen molar-refractivity contribution >= 4 is 9.84 Å². The molecule has 0 bridgehead atoms. The maximum Gasteiger partial charge on any atom is 0.154 e. The smallest absolute Gasteiger partial charge is 0.154 e. The molecule has 0 aliphatic carbocycles. The van der Waals surface area contributed by atoms with Crippen molar-refractivity contribution in [2.75, 3.05) is 18.8 Å². The Morgan fingerprint density at radius 3 is 2.25 bits per heavy atom. The van der Waals surface area contributed by atoms with Crippen LogP contribution >= 0.6 is 0 Å². The highest BCUT2D eigenvalue weighted by Gasteiger charge is 2.19. The molecule has 0 saturated heterocycles. The second-order valence-electron chi connectivity index (χ2n) is 4.44. The van der Waals surface area contributed by atoms with E-state index in [2.05, 4.69) is 12.2 Å². The van der Waals surface area contributed by atoms with Gasteiger partial charge in [0.1, 0.15) is 0 Å². The van der Waals surface area contributed by atoms with Gasteiger partial charge in [0.25, 0.3) is 0 Å². The number of nitrogens with one attached hydrogen (secondary N) is 1. The van der Waals surface area contributed by atoms with Crippen LogP contribution in [0.5, 0.6) is 0 Å². The van der Waals surface area contributed by atoms with Crippen LogP contribution < -0.4 is 5.32 Å². The molecule has 4 heteroatoms. The molecule has 0 fully saturated rings. The van der Waals surface area contributed by atoms with Crippen LogP contribution in [0.2, 0.25) is 0 Å². The van der Waals surface area contributed by atoms with E-state index < -0.39 is 9.84 Å². The van der Waals surface area contributed by atoms with Gasteiger partial charge in [-0.15, -0.1) is 0 Å². The van der Waals surface area contributed by atoms with Gasteiger partial charge in [-0.2, -0.15) is 0 Å². The Kier molecular flexibility index (Phi) is 8.94. The fraction of sp³-hybridized carbons (Fsp3) is 1.00. The van der Waals surface area contributed by atoms with Crippen LogP contribution in [0.4, 0.5) is 0 Å². The Morgan fingerprint density at radius 1 is 1.06 bits per heavy atom. The molecule has 0 rings (SSSR count). The summed E-state index contributed by atoms with van der Waals surface area (Å²) < 4.78 is 23.5. The number of unbranched alkanes of at least 4 members (excludes halogenated alkanes) is 3. The first-order chi connectivity index (χ1) is 7.54. The second-order valence-corrected chi connectivity index (χ2v) is 6.98. The van der Waals surface area contributed by atoms with E-state index in [1.165, 1.54) is 12.8 Å². The Labute approximate surface area is 101 Å². The third-order valence-electron chi connectivity index (χ3n) is 2.78. The first kappa shape index (κ1) is 15.9. The largest absolute Gasteiger partial charge is 0.315 e. The third kappa shape index (κ3) is 7.23. The number of rotatable bonds is 10. The molecular weight excluding hydrogens is 222 g/mol. The minimum absolute atomic E-state index is 0.249. The molecule has 0 aliphatic rings. The molecule has 0 spiro atoms. The van der Waals surface area contributed by atoms with E-state index in [1.807, 2.05) is 6.92 Å². The van der Waals surface area contributed by atoms with Gasteiger partial charge in [0.05, 0.1) is 11.0 Å². The van der Waals surface area contributed by atoms with Gasteiger partial charge in [0, 0.05) is 6.54 Å². The summed E-state index contributed by atoms with van der Waals surface area (Å²) in [4.78, 5) is 0. The molecule has 0 heterocycles. The van der Waals surface area contributed by atoms with E-state index in [0.717, 1.165) is 25.8 Å².